The number of hydrogen-bond donors (Lipinski definition) is 1. The number of rotatable bonds is 3. The molecule has 3 aliphatic rings. The Morgan fingerprint density at radius 2 is 1.71 bits per heavy atom. The molecule has 0 spiro atoms. The summed E-state index contributed by atoms with van der Waals surface area (Å²) in [6.45, 7) is 1.54. The van der Waals surface area contributed by atoms with Crippen LogP contribution in [0.1, 0.15) is 80.9 Å². The van der Waals surface area contributed by atoms with Gasteiger partial charge in [-0.05, 0) is 62.3 Å². The van der Waals surface area contributed by atoms with Crippen LogP contribution in [0.15, 0.2) is 18.2 Å². The smallest absolute Gasteiger partial charge is 0.151 e. The van der Waals surface area contributed by atoms with E-state index in [1.807, 2.05) is 6.07 Å². The van der Waals surface area contributed by atoms with Crippen LogP contribution in [-0.2, 0) is 17.8 Å². The van der Waals surface area contributed by atoms with Crippen molar-refractivity contribution < 1.29 is 4.74 Å². The molecule has 1 aromatic carbocycles. The lowest BCUT2D eigenvalue weighted by molar-refractivity contribution is -0.0474. The monoisotopic (exact) mass is 400 g/mol. The molecule has 5 nitrogen and oxygen atoms in total. The van der Waals surface area contributed by atoms with Crippen LogP contribution in [0.4, 0.5) is 0 Å². The molecule has 1 N–H and O–H groups in total. The Bertz CT molecular complexity index is 822. The normalized spacial score (nSPS) is 25.8. The fraction of sp³-hybridized carbons (Fsp3) is 0.636. The molecule has 0 saturated heterocycles. The molecule has 0 bridgehead atoms. The summed E-state index contributed by atoms with van der Waals surface area (Å²) in [5, 5.41) is 13.4. The Labute approximate surface area is 171 Å². The molecule has 28 heavy (non-hydrogen) atoms. The van der Waals surface area contributed by atoms with Crippen LogP contribution >= 0.6 is 11.6 Å². The summed E-state index contributed by atoms with van der Waals surface area (Å²) < 4.78 is 8.71. The predicted molar refractivity (Wildman–Crippen MR) is 110 cm³/mol. The largest absolute Gasteiger partial charge is 0.375 e. The molecular formula is C22H29ClN4O. The van der Waals surface area contributed by atoms with E-state index in [0.717, 1.165) is 55.4 Å². The predicted octanol–water partition coefficient (Wildman–Crippen LogP) is 4.90. The van der Waals surface area contributed by atoms with E-state index in [0.29, 0.717) is 18.1 Å². The standard InChI is InChI=1S/C22H29ClN4O/c23-17-8-11-20-16(12-17)13-24-14-21-25-26-22(27(20)21)15-6-9-19(10-7-15)28-18-4-2-1-3-5-18/h8,11-12,15,18-19,24H,1-7,9-10,13-14H2/t15-,19-. The molecule has 0 radical (unpaired) electrons. The Hall–Kier alpha value is -1.43. The van der Waals surface area contributed by atoms with Crippen molar-refractivity contribution in [2.24, 2.45) is 0 Å². The number of aromatic nitrogens is 3. The first-order chi connectivity index (χ1) is 13.8. The Balaban J connectivity index is 1.32. The van der Waals surface area contributed by atoms with Crippen molar-refractivity contribution in [2.45, 2.75) is 89.0 Å². The molecule has 1 aromatic heterocycles. The van der Waals surface area contributed by atoms with Crippen molar-refractivity contribution in [1.29, 1.82) is 0 Å². The Morgan fingerprint density at radius 1 is 0.929 bits per heavy atom. The first-order valence-electron chi connectivity index (χ1n) is 10.9. The van der Waals surface area contributed by atoms with Gasteiger partial charge in [0.2, 0.25) is 0 Å². The molecule has 2 saturated carbocycles. The van der Waals surface area contributed by atoms with Gasteiger partial charge in [-0.25, -0.2) is 0 Å². The van der Waals surface area contributed by atoms with Crippen LogP contribution in [0.25, 0.3) is 5.69 Å². The van der Waals surface area contributed by atoms with E-state index in [1.165, 1.54) is 43.4 Å². The zero-order valence-electron chi connectivity index (χ0n) is 16.4. The quantitative estimate of drug-likeness (QED) is 0.796. The molecule has 0 atom stereocenters. The topological polar surface area (TPSA) is 52.0 Å². The lowest BCUT2D eigenvalue weighted by Gasteiger charge is -2.32. The second kappa shape index (κ2) is 8.13. The Kier molecular flexibility index (Phi) is 5.40. The van der Waals surface area contributed by atoms with Gasteiger partial charge in [-0.15, -0.1) is 10.2 Å². The van der Waals surface area contributed by atoms with Gasteiger partial charge in [-0.2, -0.15) is 0 Å². The second-order valence-corrected chi connectivity index (χ2v) is 8.99. The fourth-order valence-corrected chi connectivity index (χ4v) is 5.32. The molecule has 2 aliphatic carbocycles. The highest BCUT2D eigenvalue weighted by molar-refractivity contribution is 6.30. The zero-order chi connectivity index (χ0) is 18.9. The summed E-state index contributed by atoms with van der Waals surface area (Å²) in [6.07, 6.45) is 12.0. The number of nitrogens with zero attached hydrogens (tertiary/aromatic N) is 3. The van der Waals surface area contributed by atoms with Crippen molar-refractivity contribution in [3.8, 4) is 5.69 Å². The van der Waals surface area contributed by atoms with E-state index in [1.54, 1.807) is 0 Å². The number of halogens is 1. The Morgan fingerprint density at radius 3 is 2.54 bits per heavy atom. The van der Waals surface area contributed by atoms with Crippen LogP contribution < -0.4 is 5.32 Å². The first kappa shape index (κ1) is 18.6. The number of fused-ring (bicyclic) bond motifs is 3. The van der Waals surface area contributed by atoms with Crippen LogP contribution in [-0.4, -0.2) is 27.0 Å². The zero-order valence-corrected chi connectivity index (χ0v) is 17.1. The minimum atomic E-state index is 0.429. The second-order valence-electron chi connectivity index (χ2n) is 8.56. The highest BCUT2D eigenvalue weighted by Gasteiger charge is 2.30. The average molecular weight is 401 g/mol. The van der Waals surface area contributed by atoms with E-state index in [-0.39, 0.29) is 0 Å². The SMILES string of the molecule is Clc1ccc2c(c1)CNCc1nnc([C@H]3CC[C@H](OC4CCCCC4)CC3)n1-2. The van der Waals surface area contributed by atoms with Gasteiger partial charge < -0.3 is 10.1 Å². The molecule has 2 fully saturated rings. The molecule has 0 amide bonds. The van der Waals surface area contributed by atoms with Crippen LogP contribution in [0, 0.1) is 0 Å². The first-order valence-corrected chi connectivity index (χ1v) is 11.2. The number of nitrogens with one attached hydrogen (secondary N) is 1. The maximum absolute atomic E-state index is 6.43. The lowest BCUT2D eigenvalue weighted by Crippen LogP contribution is -2.28. The summed E-state index contributed by atoms with van der Waals surface area (Å²) in [6, 6.07) is 6.13. The maximum atomic E-state index is 6.43. The van der Waals surface area contributed by atoms with Crippen molar-refractivity contribution in [3.05, 3.63) is 40.4 Å². The van der Waals surface area contributed by atoms with Gasteiger partial charge in [-0.3, -0.25) is 4.57 Å². The maximum Gasteiger partial charge on any atom is 0.151 e. The summed E-state index contributed by atoms with van der Waals surface area (Å²) >= 11 is 6.23. The van der Waals surface area contributed by atoms with E-state index in [9.17, 15) is 0 Å². The third kappa shape index (κ3) is 3.72. The summed E-state index contributed by atoms with van der Waals surface area (Å²) in [4.78, 5) is 0. The van der Waals surface area contributed by atoms with Crippen molar-refractivity contribution in [2.75, 3.05) is 0 Å². The van der Waals surface area contributed by atoms with Gasteiger partial charge in [0, 0.05) is 17.5 Å². The molecule has 6 heteroatoms. The number of hydrogen-bond acceptors (Lipinski definition) is 4. The molecule has 1 aliphatic heterocycles. The van der Waals surface area contributed by atoms with E-state index >= 15 is 0 Å². The minimum Gasteiger partial charge on any atom is -0.375 e. The summed E-state index contributed by atoms with van der Waals surface area (Å²) in [5.41, 5.74) is 2.38. The van der Waals surface area contributed by atoms with Crippen molar-refractivity contribution in [3.63, 3.8) is 0 Å². The average Bonchev–Trinajstić information content (AvgIpc) is 3.05. The van der Waals surface area contributed by atoms with Crippen LogP contribution in [0.5, 0.6) is 0 Å². The van der Waals surface area contributed by atoms with Gasteiger partial charge in [0.25, 0.3) is 0 Å². The van der Waals surface area contributed by atoms with Crippen molar-refractivity contribution in [1.82, 2.24) is 20.1 Å². The summed E-state index contributed by atoms with van der Waals surface area (Å²) in [5.74, 6) is 2.56. The van der Waals surface area contributed by atoms with E-state index < -0.39 is 0 Å². The molecular weight excluding hydrogens is 372 g/mol. The van der Waals surface area contributed by atoms with Crippen LogP contribution in [0.3, 0.4) is 0 Å². The minimum absolute atomic E-state index is 0.429. The number of ether oxygens (including phenoxy) is 1. The van der Waals surface area contributed by atoms with Crippen LogP contribution in [0.2, 0.25) is 5.02 Å². The van der Waals surface area contributed by atoms with Gasteiger partial charge in [-0.1, -0.05) is 30.9 Å². The van der Waals surface area contributed by atoms with E-state index in [4.69, 9.17) is 16.3 Å². The van der Waals surface area contributed by atoms with Gasteiger partial charge in [0.05, 0.1) is 24.4 Å². The van der Waals surface area contributed by atoms with Gasteiger partial charge in [0.15, 0.2) is 5.82 Å². The van der Waals surface area contributed by atoms with E-state index in [2.05, 4.69) is 32.2 Å². The van der Waals surface area contributed by atoms with Gasteiger partial charge >= 0.3 is 0 Å². The molecule has 0 unspecified atom stereocenters. The van der Waals surface area contributed by atoms with Gasteiger partial charge in [0.1, 0.15) is 5.82 Å². The van der Waals surface area contributed by atoms with Crippen molar-refractivity contribution >= 4 is 11.6 Å². The summed E-state index contributed by atoms with van der Waals surface area (Å²) in [7, 11) is 0. The third-order valence-corrected chi connectivity index (χ3v) is 6.85. The highest BCUT2D eigenvalue weighted by atomic mass is 35.5. The highest BCUT2D eigenvalue weighted by Crippen LogP contribution is 2.37. The molecule has 2 aromatic rings. The molecule has 5 rings (SSSR count). The molecule has 2 heterocycles. The number of benzene rings is 1. The molecule has 150 valence electrons. The fourth-order valence-electron chi connectivity index (χ4n) is 5.12. The third-order valence-electron chi connectivity index (χ3n) is 6.61. The lowest BCUT2D eigenvalue weighted by atomic mass is 9.86.